The maximum atomic E-state index is 12.2. The molecule has 4 rings (SSSR count). The molecule has 0 spiro atoms. The van der Waals surface area contributed by atoms with Crippen LogP contribution in [0.4, 0.5) is 5.82 Å². The van der Waals surface area contributed by atoms with E-state index < -0.39 is 0 Å². The van der Waals surface area contributed by atoms with Gasteiger partial charge in [-0.25, -0.2) is 4.98 Å². The van der Waals surface area contributed by atoms with Gasteiger partial charge in [-0.2, -0.15) is 5.10 Å². The molecule has 1 fully saturated rings. The number of hydrogen-bond donors (Lipinski definition) is 1. The topological polar surface area (TPSA) is 72.3 Å². The van der Waals surface area contributed by atoms with Gasteiger partial charge in [-0.1, -0.05) is 31.4 Å². The highest BCUT2D eigenvalue weighted by Gasteiger charge is 2.19. The Bertz CT molecular complexity index is 1100. The summed E-state index contributed by atoms with van der Waals surface area (Å²) in [6.45, 7) is 0.614. The largest absolute Gasteiger partial charge is 0.497 e. The van der Waals surface area contributed by atoms with Crippen LogP contribution in [0.25, 0.3) is 17.0 Å². The van der Waals surface area contributed by atoms with Crippen LogP contribution in [0.5, 0.6) is 5.75 Å². The van der Waals surface area contributed by atoms with Crippen LogP contribution in [0.3, 0.4) is 0 Å². The van der Waals surface area contributed by atoms with Crippen LogP contribution in [0.2, 0.25) is 0 Å². The number of carbonyl (C=O) groups is 1. The fourth-order valence-corrected chi connectivity index (χ4v) is 4.14. The van der Waals surface area contributed by atoms with Crippen molar-refractivity contribution in [1.29, 1.82) is 0 Å². The van der Waals surface area contributed by atoms with E-state index in [0.29, 0.717) is 12.6 Å². The molecule has 2 heterocycles. The highest BCUT2D eigenvalue weighted by molar-refractivity contribution is 5.99. The molecule has 1 aromatic carbocycles. The van der Waals surface area contributed by atoms with Crippen molar-refractivity contribution in [3.8, 4) is 5.75 Å². The molecule has 1 amide bonds. The van der Waals surface area contributed by atoms with Crippen molar-refractivity contribution < 1.29 is 9.53 Å². The number of nitrogens with zero attached hydrogens (tertiary/aromatic N) is 4. The molecule has 0 atom stereocenters. The fraction of sp³-hybridized carbons (Fsp3) is 0.400. The van der Waals surface area contributed by atoms with Gasteiger partial charge in [0.2, 0.25) is 5.91 Å². The molecule has 32 heavy (non-hydrogen) atoms. The summed E-state index contributed by atoms with van der Waals surface area (Å²) in [6, 6.07) is 10.4. The fourth-order valence-electron chi connectivity index (χ4n) is 4.14. The Balaban J connectivity index is 1.72. The Labute approximate surface area is 189 Å². The predicted octanol–water partition coefficient (Wildman–Crippen LogP) is 4.33. The number of ether oxygens (including phenoxy) is 1. The zero-order valence-corrected chi connectivity index (χ0v) is 19.0. The Morgan fingerprint density at radius 1 is 1.19 bits per heavy atom. The minimum absolute atomic E-state index is 0.0754. The lowest BCUT2D eigenvalue weighted by molar-refractivity contribution is -0.123. The summed E-state index contributed by atoms with van der Waals surface area (Å²) in [7, 11) is 5.15. The van der Waals surface area contributed by atoms with Crippen LogP contribution in [0, 0.1) is 0 Å². The number of anilines is 1. The molecule has 1 saturated carbocycles. The third-order valence-corrected chi connectivity index (χ3v) is 5.95. The summed E-state index contributed by atoms with van der Waals surface area (Å²) in [5.41, 5.74) is 2.86. The zero-order valence-electron chi connectivity index (χ0n) is 19.0. The van der Waals surface area contributed by atoms with Gasteiger partial charge in [-0.3, -0.25) is 9.48 Å². The molecule has 0 unspecified atom stereocenters. The van der Waals surface area contributed by atoms with Gasteiger partial charge in [0.05, 0.1) is 30.3 Å². The first kappa shape index (κ1) is 21.9. The molecule has 2 aromatic heterocycles. The molecular weight excluding hydrogens is 402 g/mol. The van der Waals surface area contributed by atoms with Crippen LogP contribution in [-0.4, -0.2) is 52.8 Å². The zero-order chi connectivity index (χ0) is 22.5. The second kappa shape index (κ2) is 9.85. The highest BCUT2D eigenvalue weighted by Crippen LogP contribution is 2.29. The number of carbonyl (C=O) groups excluding carboxylic acids is 1. The molecule has 7 heteroatoms. The van der Waals surface area contributed by atoms with E-state index in [1.54, 1.807) is 38.3 Å². The van der Waals surface area contributed by atoms with E-state index in [1.165, 1.54) is 19.3 Å². The maximum Gasteiger partial charge on any atom is 0.246 e. The van der Waals surface area contributed by atoms with Gasteiger partial charge in [-0.15, -0.1) is 0 Å². The minimum Gasteiger partial charge on any atom is -0.497 e. The van der Waals surface area contributed by atoms with Crippen molar-refractivity contribution >= 4 is 28.7 Å². The van der Waals surface area contributed by atoms with E-state index in [0.717, 1.165) is 46.6 Å². The summed E-state index contributed by atoms with van der Waals surface area (Å²) in [5.74, 6) is 1.59. The number of methoxy groups -OCH3 is 1. The van der Waals surface area contributed by atoms with Gasteiger partial charge < -0.3 is 15.0 Å². The highest BCUT2D eigenvalue weighted by atomic mass is 16.5. The summed E-state index contributed by atoms with van der Waals surface area (Å²) in [4.78, 5) is 18.4. The Morgan fingerprint density at radius 3 is 2.62 bits per heavy atom. The summed E-state index contributed by atoms with van der Waals surface area (Å²) in [6.07, 6.45) is 11.3. The van der Waals surface area contributed by atoms with Crippen molar-refractivity contribution in [3.63, 3.8) is 0 Å². The molecule has 1 N–H and O–H groups in total. The lowest BCUT2D eigenvalue weighted by atomic mass is 9.95. The van der Waals surface area contributed by atoms with Gasteiger partial charge in [0.25, 0.3) is 0 Å². The Morgan fingerprint density at radius 2 is 1.94 bits per heavy atom. The van der Waals surface area contributed by atoms with Gasteiger partial charge in [-0.05, 0) is 42.7 Å². The second-order valence-electron chi connectivity index (χ2n) is 8.49. The molecule has 3 aromatic rings. The molecular formula is C25H31N5O2. The number of pyridine rings is 1. The summed E-state index contributed by atoms with van der Waals surface area (Å²) < 4.78 is 7.25. The van der Waals surface area contributed by atoms with Gasteiger partial charge >= 0.3 is 0 Å². The Hall–Kier alpha value is -3.35. The van der Waals surface area contributed by atoms with E-state index in [4.69, 9.17) is 9.84 Å². The van der Waals surface area contributed by atoms with Crippen LogP contribution < -0.4 is 10.1 Å². The van der Waals surface area contributed by atoms with Crippen molar-refractivity contribution in [2.75, 3.05) is 26.5 Å². The van der Waals surface area contributed by atoms with Crippen LogP contribution in [-0.2, 0) is 11.3 Å². The molecule has 1 aliphatic rings. The smallest absolute Gasteiger partial charge is 0.246 e. The molecule has 7 nitrogen and oxygen atoms in total. The van der Waals surface area contributed by atoms with Crippen molar-refractivity contribution in [3.05, 3.63) is 53.9 Å². The molecule has 0 radical (unpaired) electrons. The van der Waals surface area contributed by atoms with E-state index >= 15 is 0 Å². The predicted molar refractivity (Wildman–Crippen MR) is 128 cm³/mol. The molecule has 0 bridgehead atoms. The first-order valence-corrected chi connectivity index (χ1v) is 11.2. The number of fused-ring (bicyclic) bond motifs is 1. The summed E-state index contributed by atoms with van der Waals surface area (Å²) in [5, 5.41) is 9.47. The van der Waals surface area contributed by atoms with E-state index in [1.807, 2.05) is 41.2 Å². The lowest BCUT2D eigenvalue weighted by Gasteiger charge is -2.23. The average molecular weight is 434 g/mol. The minimum atomic E-state index is -0.0754. The number of hydrogen-bond acceptors (Lipinski definition) is 5. The molecule has 1 aliphatic carbocycles. The quantitative estimate of drug-likeness (QED) is 0.562. The van der Waals surface area contributed by atoms with Gasteiger partial charge in [0, 0.05) is 32.4 Å². The van der Waals surface area contributed by atoms with E-state index in [-0.39, 0.29) is 5.91 Å². The van der Waals surface area contributed by atoms with Crippen LogP contribution in [0.1, 0.15) is 43.4 Å². The lowest BCUT2D eigenvalue weighted by Crippen LogP contribution is -2.22. The van der Waals surface area contributed by atoms with Crippen molar-refractivity contribution in [2.24, 2.45) is 0 Å². The standard InChI is InChI=1S/C25H31N5O2/c1-29(2)23(31)14-13-21-24-22(15-16-26-25(24)27-19-7-5-4-6-8-19)30(28-21)17-18-9-11-20(32-3)12-10-18/h9-16,19H,4-8,17H2,1-3H3,(H,26,27). The van der Waals surface area contributed by atoms with Crippen LogP contribution >= 0.6 is 0 Å². The number of amides is 1. The first-order valence-electron chi connectivity index (χ1n) is 11.2. The second-order valence-corrected chi connectivity index (χ2v) is 8.49. The Kier molecular flexibility index (Phi) is 6.73. The molecule has 0 saturated heterocycles. The third-order valence-electron chi connectivity index (χ3n) is 5.95. The number of likely N-dealkylation sites (N-methyl/N-ethyl adjacent to an activating group) is 1. The monoisotopic (exact) mass is 433 g/mol. The maximum absolute atomic E-state index is 12.2. The number of nitrogens with one attached hydrogen (secondary N) is 1. The average Bonchev–Trinajstić information content (AvgIpc) is 3.17. The SMILES string of the molecule is COc1ccc(Cn2nc(C=CC(=O)N(C)C)c3c(NC4CCCCC4)nccc32)cc1. The number of benzene rings is 1. The van der Waals surface area contributed by atoms with Gasteiger partial charge in [0.15, 0.2) is 0 Å². The van der Waals surface area contributed by atoms with Crippen LogP contribution in [0.15, 0.2) is 42.6 Å². The third kappa shape index (κ3) is 4.93. The molecule has 168 valence electrons. The normalized spacial score (nSPS) is 14.7. The number of rotatable bonds is 7. The number of aromatic nitrogens is 3. The van der Waals surface area contributed by atoms with E-state index in [9.17, 15) is 4.79 Å². The van der Waals surface area contributed by atoms with Crippen molar-refractivity contribution in [1.82, 2.24) is 19.7 Å². The molecule has 0 aliphatic heterocycles. The van der Waals surface area contributed by atoms with Gasteiger partial charge in [0.1, 0.15) is 11.6 Å². The first-order chi connectivity index (χ1) is 15.5. The van der Waals surface area contributed by atoms with Crippen molar-refractivity contribution in [2.45, 2.75) is 44.7 Å². The van der Waals surface area contributed by atoms with E-state index in [2.05, 4.69) is 10.3 Å². The summed E-state index contributed by atoms with van der Waals surface area (Å²) >= 11 is 0.